The molecule has 1 saturated heterocycles. The fourth-order valence-corrected chi connectivity index (χ4v) is 3.24. The molecule has 1 aliphatic heterocycles. The van der Waals surface area contributed by atoms with E-state index in [0.717, 1.165) is 17.0 Å². The van der Waals surface area contributed by atoms with Crippen molar-refractivity contribution in [2.45, 2.75) is 19.4 Å². The summed E-state index contributed by atoms with van der Waals surface area (Å²) < 4.78 is 5.77. The van der Waals surface area contributed by atoms with Crippen LogP contribution in [0, 0.1) is 5.92 Å². The molecule has 3 rings (SSSR count). The van der Waals surface area contributed by atoms with Crippen LogP contribution in [0.2, 0.25) is 0 Å². The molecule has 0 aromatic heterocycles. The van der Waals surface area contributed by atoms with Gasteiger partial charge in [-0.1, -0.05) is 30.3 Å². The maximum Gasteiger partial charge on any atom is 0.319 e. The van der Waals surface area contributed by atoms with Gasteiger partial charge in [0, 0.05) is 38.8 Å². The van der Waals surface area contributed by atoms with Gasteiger partial charge in [0.2, 0.25) is 5.91 Å². The average molecular weight is 381 g/mol. The largest absolute Gasteiger partial charge is 0.489 e. The van der Waals surface area contributed by atoms with Gasteiger partial charge < -0.3 is 19.9 Å². The van der Waals surface area contributed by atoms with E-state index in [4.69, 9.17) is 4.74 Å². The molecule has 1 N–H and O–H groups in total. The summed E-state index contributed by atoms with van der Waals surface area (Å²) in [5.41, 5.74) is 1.86. The van der Waals surface area contributed by atoms with E-state index in [9.17, 15) is 9.59 Å². The number of carbonyl (C=O) groups excluding carboxylic acids is 2. The Hall–Kier alpha value is -3.02. The third kappa shape index (κ3) is 5.25. The lowest BCUT2D eigenvalue weighted by Gasteiger charge is -2.33. The lowest BCUT2D eigenvalue weighted by atomic mass is 9.96. The summed E-state index contributed by atoms with van der Waals surface area (Å²) in [6.45, 7) is 1.74. The topological polar surface area (TPSA) is 61.9 Å². The smallest absolute Gasteiger partial charge is 0.319 e. The molecule has 3 amide bonds. The monoisotopic (exact) mass is 381 g/mol. The fraction of sp³-hybridized carbons (Fsp3) is 0.364. The Morgan fingerprint density at radius 1 is 1.04 bits per heavy atom. The van der Waals surface area contributed by atoms with Crippen molar-refractivity contribution >= 4 is 17.6 Å². The van der Waals surface area contributed by atoms with Crippen molar-refractivity contribution in [1.29, 1.82) is 0 Å². The number of likely N-dealkylation sites (tertiary alicyclic amines) is 1. The number of benzene rings is 2. The minimum absolute atomic E-state index is 0.00458. The third-order valence-electron chi connectivity index (χ3n) is 4.89. The summed E-state index contributed by atoms with van der Waals surface area (Å²) in [6, 6.07) is 17.4. The molecule has 1 aliphatic rings. The normalized spacial score (nSPS) is 14.4. The molecule has 6 heteroatoms. The Kier molecular flexibility index (Phi) is 6.53. The Morgan fingerprint density at radius 2 is 1.68 bits per heavy atom. The number of hydrogen-bond donors (Lipinski definition) is 1. The van der Waals surface area contributed by atoms with Crippen molar-refractivity contribution in [1.82, 2.24) is 9.80 Å². The summed E-state index contributed by atoms with van der Waals surface area (Å²) >= 11 is 0. The van der Waals surface area contributed by atoms with Crippen LogP contribution in [0.25, 0.3) is 0 Å². The Balaban J connectivity index is 1.46. The fourth-order valence-electron chi connectivity index (χ4n) is 3.24. The second-order valence-electron chi connectivity index (χ2n) is 7.23. The second kappa shape index (κ2) is 9.26. The number of urea groups is 1. The van der Waals surface area contributed by atoms with Crippen LogP contribution in [0.4, 0.5) is 10.5 Å². The van der Waals surface area contributed by atoms with Crippen molar-refractivity contribution in [3.05, 3.63) is 60.2 Å². The van der Waals surface area contributed by atoms with Crippen molar-refractivity contribution < 1.29 is 14.3 Å². The number of piperidine rings is 1. The number of rotatable bonds is 5. The van der Waals surface area contributed by atoms with Gasteiger partial charge in [-0.15, -0.1) is 0 Å². The third-order valence-corrected chi connectivity index (χ3v) is 4.89. The number of ether oxygens (including phenoxy) is 1. The number of nitrogens with one attached hydrogen (secondary N) is 1. The first kappa shape index (κ1) is 19.7. The van der Waals surface area contributed by atoms with Crippen molar-refractivity contribution in [3.63, 3.8) is 0 Å². The average Bonchev–Trinajstić information content (AvgIpc) is 2.73. The summed E-state index contributed by atoms with van der Waals surface area (Å²) in [6.07, 6.45) is 1.37. The molecular formula is C22H27N3O3. The van der Waals surface area contributed by atoms with Gasteiger partial charge >= 0.3 is 6.03 Å². The van der Waals surface area contributed by atoms with E-state index in [1.54, 1.807) is 23.9 Å². The van der Waals surface area contributed by atoms with E-state index in [1.165, 1.54) is 0 Å². The van der Waals surface area contributed by atoms with Gasteiger partial charge in [0.15, 0.2) is 0 Å². The van der Waals surface area contributed by atoms with Crippen LogP contribution in [0.1, 0.15) is 18.4 Å². The number of hydrogen-bond acceptors (Lipinski definition) is 3. The molecule has 1 heterocycles. The minimum atomic E-state index is -0.0692. The number of nitrogens with zero attached hydrogens (tertiary/aromatic N) is 2. The van der Waals surface area contributed by atoms with Crippen LogP contribution >= 0.6 is 0 Å². The van der Waals surface area contributed by atoms with E-state index in [1.807, 2.05) is 54.6 Å². The van der Waals surface area contributed by atoms with Crippen LogP contribution in [-0.4, -0.2) is 48.9 Å². The molecular weight excluding hydrogens is 354 g/mol. The maximum absolute atomic E-state index is 12.5. The van der Waals surface area contributed by atoms with Gasteiger partial charge in [0.25, 0.3) is 0 Å². The molecule has 0 atom stereocenters. The molecule has 148 valence electrons. The Morgan fingerprint density at radius 3 is 2.29 bits per heavy atom. The zero-order valence-electron chi connectivity index (χ0n) is 16.4. The van der Waals surface area contributed by atoms with E-state index in [-0.39, 0.29) is 17.9 Å². The van der Waals surface area contributed by atoms with E-state index < -0.39 is 0 Å². The van der Waals surface area contributed by atoms with Crippen LogP contribution in [-0.2, 0) is 11.4 Å². The highest BCUT2D eigenvalue weighted by molar-refractivity contribution is 5.92. The van der Waals surface area contributed by atoms with Gasteiger partial charge in [-0.3, -0.25) is 4.79 Å². The zero-order valence-corrected chi connectivity index (χ0v) is 16.4. The lowest BCUT2D eigenvalue weighted by molar-refractivity contribution is -0.121. The van der Waals surface area contributed by atoms with E-state index >= 15 is 0 Å². The highest BCUT2D eigenvalue weighted by Crippen LogP contribution is 2.22. The van der Waals surface area contributed by atoms with Crippen LogP contribution in [0.5, 0.6) is 5.75 Å². The number of carbonyl (C=O) groups is 2. The molecule has 28 heavy (non-hydrogen) atoms. The molecule has 1 fully saturated rings. The predicted molar refractivity (Wildman–Crippen MR) is 109 cm³/mol. The molecule has 2 aromatic carbocycles. The predicted octanol–water partition coefficient (Wildman–Crippen LogP) is 3.60. The molecule has 0 spiro atoms. The highest BCUT2D eigenvalue weighted by atomic mass is 16.5. The first-order valence-electron chi connectivity index (χ1n) is 9.57. The number of amides is 3. The molecule has 0 unspecified atom stereocenters. The highest BCUT2D eigenvalue weighted by Gasteiger charge is 2.27. The number of anilines is 1. The van der Waals surface area contributed by atoms with E-state index in [0.29, 0.717) is 32.5 Å². The molecule has 0 bridgehead atoms. The molecule has 0 aliphatic carbocycles. The lowest BCUT2D eigenvalue weighted by Crippen LogP contribution is -2.45. The maximum atomic E-state index is 12.5. The first-order valence-corrected chi connectivity index (χ1v) is 9.57. The first-order chi connectivity index (χ1) is 13.5. The van der Waals surface area contributed by atoms with Crippen LogP contribution in [0.15, 0.2) is 54.6 Å². The standard InChI is InChI=1S/C22H27N3O3/c1-24(2)22(27)25-14-12-18(13-15-25)21(26)23-19-8-10-20(11-9-19)28-16-17-6-4-3-5-7-17/h3-11,18H,12-16H2,1-2H3,(H,23,26). The molecule has 0 radical (unpaired) electrons. The Labute approximate surface area is 166 Å². The van der Waals surface area contributed by atoms with Gasteiger partial charge in [-0.25, -0.2) is 4.79 Å². The zero-order chi connectivity index (χ0) is 19.9. The van der Waals surface area contributed by atoms with E-state index in [2.05, 4.69) is 5.32 Å². The SMILES string of the molecule is CN(C)C(=O)N1CCC(C(=O)Nc2ccc(OCc3ccccc3)cc2)CC1. The van der Waals surface area contributed by atoms with Crippen molar-refractivity contribution in [2.75, 3.05) is 32.5 Å². The van der Waals surface area contributed by atoms with Crippen molar-refractivity contribution in [2.24, 2.45) is 5.92 Å². The minimum Gasteiger partial charge on any atom is -0.489 e. The van der Waals surface area contributed by atoms with Gasteiger partial charge in [0.05, 0.1) is 0 Å². The van der Waals surface area contributed by atoms with Gasteiger partial charge in [-0.2, -0.15) is 0 Å². The Bertz CT molecular complexity index is 782. The quantitative estimate of drug-likeness (QED) is 0.861. The molecule has 0 saturated carbocycles. The summed E-state index contributed by atoms with van der Waals surface area (Å²) in [5.74, 6) is 0.701. The molecule has 6 nitrogen and oxygen atoms in total. The summed E-state index contributed by atoms with van der Waals surface area (Å²) in [4.78, 5) is 27.9. The van der Waals surface area contributed by atoms with Gasteiger partial charge in [-0.05, 0) is 42.7 Å². The van der Waals surface area contributed by atoms with Crippen molar-refractivity contribution in [3.8, 4) is 5.75 Å². The summed E-state index contributed by atoms with van der Waals surface area (Å²) in [7, 11) is 3.49. The van der Waals surface area contributed by atoms with Crippen LogP contribution < -0.4 is 10.1 Å². The second-order valence-corrected chi connectivity index (χ2v) is 7.23. The summed E-state index contributed by atoms with van der Waals surface area (Å²) in [5, 5.41) is 2.97. The van der Waals surface area contributed by atoms with Crippen LogP contribution in [0.3, 0.4) is 0 Å². The molecule has 2 aromatic rings. The van der Waals surface area contributed by atoms with Gasteiger partial charge in [0.1, 0.15) is 12.4 Å².